The molecular formula is C47H47Cl2N5O6S. The highest BCUT2D eigenvalue weighted by Gasteiger charge is 2.32. The minimum absolute atomic E-state index is 0.0867. The molecule has 0 fully saturated rings. The molecule has 316 valence electrons. The van der Waals surface area contributed by atoms with Gasteiger partial charge in [-0.1, -0.05) is 54.1 Å². The van der Waals surface area contributed by atoms with Gasteiger partial charge in [-0.25, -0.2) is 0 Å². The molecule has 61 heavy (non-hydrogen) atoms. The van der Waals surface area contributed by atoms with Crippen LogP contribution in [0.2, 0.25) is 5.02 Å². The minimum Gasteiger partial charge on any atom is -0.491 e. The summed E-state index contributed by atoms with van der Waals surface area (Å²) < 4.78 is 25.4. The zero-order valence-electron chi connectivity index (χ0n) is 34.3. The van der Waals surface area contributed by atoms with Crippen molar-refractivity contribution in [3.05, 3.63) is 147 Å². The molecule has 1 amide bonds. The molecule has 2 aromatic heterocycles. The molecule has 4 aromatic carbocycles. The summed E-state index contributed by atoms with van der Waals surface area (Å²) >= 11 is 13.8. The van der Waals surface area contributed by atoms with E-state index in [1.54, 1.807) is 16.2 Å². The molecule has 1 aliphatic rings. The number of ketones is 1. The Morgan fingerprint density at radius 1 is 0.787 bits per heavy atom. The van der Waals surface area contributed by atoms with Gasteiger partial charge < -0.3 is 23.8 Å². The molecule has 0 saturated carbocycles. The smallest absolute Gasteiger partial charge is 0.242 e. The summed E-state index contributed by atoms with van der Waals surface area (Å²) in [7, 11) is 0. The number of anilines is 1. The summed E-state index contributed by atoms with van der Waals surface area (Å²) in [5.41, 5.74) is 5.71. The Hall–Kier alpha value is -5.37. The minimum atomic E-state index is -0.482. The zero-order chi connectivity index (χ0) is 42.7. The Kier molecular flexibility index (Phi) is 15.0. The van der Waals surface area contributed by atoms with Crippen molar-refractivity contribution in [3.63, 3.8) is 0 Å². The van der Waals surface area contributed by atoms with E-state index < -0.39 is 6.04 Å². The van der Waals surface area contributed by atoms with Gasteiger partial charge in [0.25, 0.3) is 0 Å². The average molecular weight is 881 g/mol. The monoisotopic (exact) mass is 879 g/mol. The molecule has 0 radical (unpaired) electrons. The van der Waals surface area contributed by atoms with E-state index in [0.29, 0.717) is 80.5 Å². The molecule has 1 atom stereocenters. The van der Waals surface area contributed by atoms with Gasteiger partial charge in [-0.05, 0) is 99.0 Å². The maximum absolute atomic E-state index is 13.3. The Bertz CT molecular complexity index is 2440. The van der Waals surface area contributed by atoms with E-state index in [-0.39, 0.29) is 24.0 Å². The summed E-state index contributed by atoms with van der Waals surface area (Å²) in [4.78, 5) is 34.0. The van der Waals surface area contributed by atoms with E-state index >= 15 is 0 Å². The number of carbonyl (C=O) groups excluding carboxylic acids is 2. The first-order valence-corrected chi connectivity index (χ1v) is 21.9. The summed E-state index contributed by atoms with van der Waals surface area (Å²) in [6.07, 6.45) is 1.17. The Balaban J connectivity index is 0.802. The van der Waals surface area contributed by atoms with Crippen molar-refractivity contribution in [2.75, 3.05) is 43.8 Å². The molecule has 0 N–H and O–H groups in total. The second-order valence-corrected chi connectivity index (χ2v) is 16.4. The third-order valence-electron chi connectivity index (χ3n) is 10.2. The van der Waals surface area contributed by atoms with Gasteiger partial charge >= 0.3 is 0 Å². The number of Topliss-reactive ketones (excluding diaryl/α,β-unsaturated/α-hetero) is 1. The highest BCUT2D eigenvalue weighted by molar-refractivity contribution is 7.15. The van der Waals surface area contributed by atoms with E-state index in [2.05, 4.69) is 28.6 Å². The molecular weight excluding hydrogens is 834 g/mol. The number of hydrogen-bond donors (Lipinski definition) is 0. The number of aliphatic imine (C=N–C) groups is 1. The fourth-order valence-electron chi connectivity index (χ4n) is 6.96. The predicted molar refractivity (Wildman–Crippen MR) is 241 cm³/mol. The van der Waals surface area contributed by atoms with Gasteiger partial charge in [0, 0.05) is 46.2 Å². The normalized spacial score (nSPS) is 13.2. The molecule has 0 aliphatic carbocycles. The lowest BCUT2D eigenvalue weighted by atomic mass is 9.99. The van der Waals surface area contributed by atoms with Gasteiger partial charge in [0.1, 0.15) is 52.4 Å². The number of fused-ring (bicyclic) bond motifs is 3. The van der Waals surface area contributed by atoms with Crippen molar-refractivity contribution in [3.8, 4) is 22.2 Å². The summed E-state index contributed by atoms with van der Waals surface area (Å²) in [5.74, 6) is 3.21. The summed E-state index contributed by atoms with van der Waals surface area (Å²) in [5, 5.41) is 10.6. The number of nitrogens with zero attached hydrogens (tertiary/aromatic N) is 5. The first-order valence-electron chi connectivity index (χ1n) is 20.1. The zero-order valence-corrected chi connectivity index (χ0v) is 36.6. The third kappa shape index (κ3) is 11.1. The van der Waals surface area contributed by atoms with Crippen molar-refractivity contribution >= 4 is 57.6 Å². The van der Waals surface area contributed by atoms with Crippen LogP contribution in [0.3, 0.4) is 0 Å². The first-order chi connectivity index (χ1) is 29.7. The number of aromatic nitrogens is 3. The first kappa shape index (κ1) is 43.7. The summed E-state index contributed by atoms with van der Waals surface area (Å²) in [6, 6.07) is 31.6. The molecule has 0 unspecified atom stereocenters. The predicted octanol–water partition coefficient (Wildman–Crippen LogP) is 10.2. The van der Waals surface area contributed by atoms with Crippen LogP contribution in [0.4, 0.5) is 5.69 Å². The number of amides is 1. The van der Waals surface area contributed by atoms with Crippen LogP contribution in [0.25, 0.3) is 5.00 Å². The Morgan fingerprint density at radius 3 is 2.15 bits per heavy atom. The number of rotatable bonds is 20. The van der Waals surface area contributed by atoms with E-state index in [9.17, 15) is 9.59 Å². The SMILES string of the molecule is Cc1sc2c(c1C)C(c1ccc(Cl)cc1)=N[C@@H](CC(=O)CCCOCCOCCOc1ccc(Oc3ccc(N(Cc4ccccc4)C(=O)CCl)cc3)cc1)c1nnc(C)n1-2. The van der Waals surface area contributed by atoms with Gasteiger partial charge in [0.15, 0.2) is 5.82 Å². The van der Waals surface area contributed by atoms with Gasteiger partial charge in [-0.15, -0.1) is 33.1 Å². The van der Waals surface area contributed by atoms with Crippen LogP contribution >= 0.6 is 34.5 Å². The van der Waals surface area contributed by atoms with E-state index in [1.165, 1.54) is 4.88 Å². The fourth-order valence-corrected chi connectivity index (χ4v) is 8.44. The maximum Gasteiger partial charge on any atom is 0.242 e. The molecule has 7 rings (SSSR count). The van der Waals surface area contributed by atoms with Crippen molar-refractivity contribution in [1.29, 1.82) is 0 Å². The number of thiophene rings is 1. The van der Waals surface area contributed by atoms with Crippen LogP contribution in [-0.2, 0) is 25.6 Å². The molecule has 0 spiro atoms. The van der Waals surface area contributed by atoms with Gasteiger partial charge in [0.05, 0.1) is 32.1 Å². The van der Waals surface area contributed by atoms with E-state index in [4.69, 9.17) is 47.1 Å². The van der Waals surface area contributed by atoms with Crippen molar-refractivity contribution in [2.24, 2.45) is 4.99 Å². The van der Waals surface area contributed by atoms with Crippen LogP contribution in [0.5, 0.6) is 17.2 Å². The quantitative estimate of drug-likeness (QED) is 0.0550. The highest BCUT2D eigenvalue weighted by Crippen LogP contribution is 2.40. The third-order valence-corrected chi connectivity index (χ3v) is 11.9. The van der Waals surface area contributed by atoms with E-state index in [1.807, 2.05) is 110 Å². The van der Waals surface area contributed by atoms with Crippen molar-refractivity contribution < 1.29 is 28.5 Å². The highest BCUT2D eigenvalue weighted by atomic mass is 35.5. The van der Waals surface area contributed by atoms with Gasteiger partial charge in [-0.3, -0.25) is 19.1 Å². The van der Waals surface area contributed by atoms with Crippen LogP contribution in [0.15, 0.2) is 108 Å². The number of halogens is 2. The van der Waals surface area contributed by atoms with Crippen LogP contribution in [-0.4, -0.2) is 71.1 Å². The number of alkyl halides is 1. The Morgan fingerprint density at radius 2 is 1.44 bits per heavy atom. The summed E-state index contributed by atoms with van der Waals surface area (Å²) in [6.45, 7) is 8.61. The lowest BCUT2D eigenvalue weighted by Gasteiger charge is -2.22. The number of carbonyl (C=O) groups is 2. The van der Waals surface area contributed by atoms with E-state index in [0.717, 1.165) is 44.5 Å². The van der Waals surface area contributed by atoms with Crippen molar-refractivity contribution in [2.45, 2.75) is 52.6 Å². The number of hydrogen-bond acceptors (Lipinski definition) is 10. The van der Waals surface area contributed by atoms with Crippen LogP contribution < -0.4 is 14.4 Å². The average Bonchev–Trinajstić information content (AvgIpc) is 3.76. The second-order valence-electron chi connectivity index (χ2n) is 14.5. The molecule has 1 aliphatic heterocycles. The van der Waals surface area contributed by atoms with Gasteiger partial charge in [0.2, 0.25) is 5.91 Å². The number of benzene rings is 4. The molecule has 14 heteroatoms. The van der Waals surface area contributed by atoms with Crippen LogP contribution in [0.1, 0.15) is 64.1 Å². The van der Waals surface area contributed by atoms with Crippen LogP contribution in [0, 0.1) is 20.8 Å². The number of aryl methyl sites for hydroxylation is 2. The fraction of sp³-hybridized carbons (Fsp3) is 0.298. The lowest BCUT2D eigenvalue weighted by molar-refractivity contribution is -0.120. The molecule has 0 bridgehead atoms. The topological polar surface area (TPSA) is 117 Å². The van der Waals surface area contributed by atoms with Gasteiger partial charge in [-0.2, -0.15) is 0 Å². The molecule has 3 heterocycles. The maximum atomic E-state index is 13.3. The largest absolute Gasteiger partial charge is 0.491 e. The molecule has 0 saturated heterocycles. The lowest BCUT2D eigenvalue weighted by Crippen LogP contribution is -2.31. The molecule has 6 aromatic rings. The molecule has 11 nitrogen and oxygen atoms in total. The Labute approximate surface area is 369 Å². The number of ether oxygens (including phenoxy) is 4. The van der Waals surface area contributed by atoms with Crippen molar-refractivity contribution in [1.82, 2.24) is 14.8 Å². The second kappa shape index (κ2) is 20.9. The standard InChI is InChI=1S/C47H47Cl2N5O6S/c1-31-32(2)61-47-44(31)45(35-11-13-36(49)14-12-35)50-42(46-52-51-33(3)54(46)47)28-38(55)10-7-23-57-24-25-58-26-27-59-39-19-21-41(22-20-39)60-40-17-15-37(16-18-40)53(43(56)29-48)30-34-8-5-4-6-9-34/h4-6,8-9,11-22,42H,7,10,23-30H2,1-3H3/t42-/m0/s1.